The lowest BCUT2D eigenvalue weighted by atomic mass is 9.91. The van der Waals surface area contributed by atoms with Crippen LogP contribution >= 0.6 is 0 Å². The summed E-state index contributed by atoms with van der Waals surface area (Å²) in [4.78, 5) is 0. The van der Waals surface area contributed by atoms with E-state index in [0.717, 1.165) is 37.1 Å². The molecule has 0 bridgehead atoms. The monoisotopic (exact) mass is 219 g/mol. The van der Waals surface area contributed by atoms with Crippen LogP contribution in [-0.4, -0.2) is 18.2 Å². The molecule has 1 atom stereocenters. The molecule has 0 aromatic heterocycles. The van der Waals surface area contributed by atoms with Crippen LogP contribution in [0.15, 0.2) is 18.2 Å². The molecule has 1 heterocycles. The summed E-state index contributed by atoms with van der Waals surface area (Å²) in [6, 6.07) is 6.13. The van der Waals surface area contributed by atoms with E-state index in [9.17, 15) is 5.11 Å². The molecule has 2 rings (SSSR count). The van der Waals surface area contributed by atoms with Crippen molar-refractivity contribution in [2.24, 2.45) is 5.92 Å². The van der Waals surface area contributed by atoms with E-state index in [1.165, 1.54) is 12.8 Å². The average Bonchev–Trinajstić information content (AvgIpc) is 2.33. The van der Waals surface area contributed by atoms with E-state index >= 15 is 0 Å². The number of piperidine rings is 1. The number of rotatable bonds is 3. The predicted octanol–water partition coefficient (Wildman–Crippen LogP) is 2.50. The zero-order valence-corrected chi connectivity index (χ0v) is 10.00. The van der Waals surface area contributed by atoms with Crippen LogP contribution in [0.5, 0.6) is 5.75 Å². The van der Waals surface area contributed by atoms with Gasteiger partial charge in [-0.25, -0.2) is 0 Å². The van der Waals surface area contributed by atoms with Gasteiger partial charge in [0.05, 0.1) is 0 Å². The highest BCUT2D eigenvalue weighted by molar-refractivity contribution is 5.40. The third-order valence-corrected chi connectivity index (χ3v) is 3.49. The van der Waals surface area contributed by atoms with Crippen molar-refractivity contribution in [2.45, 2.75) is 32.6 Å². The Hall–Kier alpha value is -1.02. The Balaban J connectivity index is 2.08. The van der Waals surface area contributed by atoms with Crippen LogP contribution in [0, 0.1) is 5.92 Å². The second-order valence-corrected chi connectivity index (χ2v) is 4.69. The van der Waals surface area contributed by atoms with Gasteiger partial charge in [0.15, 0.2) is 0 Å². The number of hydrogen-bond donors (Lipinski definition) is 2. The summed E-state index contributed by atoms with van der Waals surface area (Å²) in [5.74, 6) is 1.21. The second-order valence-electron chi connectivity index (χ2n) is 4.69. The lowest BCUT2D eigenvalue weighted by molar-refractivity contribution is 0.369. The summed E-state index contributed by atoms with van der Waals surface area (Å²) in [5, 5.41) is 13.5. The van der Waals surface area contributed by atoms with Crippen LogP contribution in [-0.2, 0) is 12.8 Å². The molecular weight excluding hydrogens is 198 g/mol. The predicted molar refractivity (Wildman–Crippen MR) is 66.8 cm³/mol. The van der Waals surface area contributed by atoms with Crippen LogP contribution in [0.25, 0.3) is 0 Å². The van der Waals surface area contributed by atoms with E-state index in [2.05, 4.69) is 24.4 Å². The molecule has 0 amide bonds. The average molecular weight is 219 g/mol. The largest absolute Gasteiger partial charge is 0.507 e. The molecule has 0 spiro atoms. The van der Waals surface area contributed by atoms with E-state index in [1.807, 2.05) is 6.07 Å². The van der Waals surface area contributed by atoms with Crippen molar-refractivity contribution >= 4 is 0 Å². The van der Waals surface area contributed by atoms with Crippen molar-refractivity contribution in [2.75, 3.05) is 13.1 Å². The topological polar surface area (TPSA) is 32.3 Å². The maximum Gasteiger partial charge on any atom is 0.121 e. The van der Waals surface area contributed by atoms with Gasteiger partial charge in [-0.2, -0.15) is 0 Å². The fraction of sp³-hybridized carbons (Fsp3) is 0.571. The third kappa shape index (κ3) is 2.56. The Bertz CT molecular complexity index is 343. The molecule has 16 heavy (non-hydrogen) atoms. The minimum Gasteiger partial charge on any atom is -0.507 e. The van der Waals surface area contributed by atoms with Crippen molar-refractivity contribution in [3.63, 3.8) is 0 Å². The maximum absolute atomic E-state index is 10.1. The van der Waals surface area contributed by atoms with Gasteiger partial charge in [-0.05, 0) is 55.8 Å². The number of phenols is 1. The van der Waals surface area contributed by atoms with Gasteiger partial charge in [-0.1, -0.05) is 25.1 Å². The molecule has 0 saturated carbocycles. The van der Waals surface area contributed by atoms with Crippen molar-refractivity contribution < 1.29 is 5.11 Å². The summed E-state index contributed by atoms with van der Waals surface area (Å²) in [5.41, 5.74) is 2.19. The Morgan fingerprint density at radius 3 is 2.88 bits per heavy atom. The van der Waals surface area contributed by atoms with Gasteiger partial charge in [0.25, 0.3) is 0 Å². The summed E-state index contributed by atoms with van der Waals surface area (Å²) < 4.78 is 0. The maximum atomic E-state index is 10.1. The smallest absolute Gasteiger partial charge is 0.121 e. The first kappa shape index (κ1) is 11.5. The van der Waals surface area contributed by atoms with E-state index in [-0.39, 0.29) is 0 Å². The first-order valence-corrected chi connectivity index (χ1v) is 6.31. The molecule has 1 aromatic rings. The van der Waals surface area contributed by atoms with Crippen molar-refractivity contribution in [1.29, 1.82) is 0 Å². The molecule has 88 valence electrons. The SMILES string of the molecule is CCc1cccc(CC2CCCNC2)c1O. The van der Waals surface area contributed by atoms with E-state index < -0.39 is 0 Å². The van der Waals surface area contributed by atoms with Crippen molar-refractivity contribution in [3.05, 3.63) is 29.3 Å². The molecule has 1 unspecified atom stereocenters. The Kier molecular flexibility index (Phi) is 3.83. The van der Waals surface area contributed by atoms with Gasteiger partial charge in [-0.15, -0.1) is 0 Å². The van der Waals surface area contributed by atoms with Crippen molar-refractivity contribution in [3.8, 4) is 5.75 Å². The van der Waals surface area contributed by atoms with Gasteiger partial charge >= 0.3 is 0 Å². The highest BCUT2D eigenvalue weighted by Gasteiger charge is 2.15. The first-order chi connectivity index (χ1) is 7.81. The summed E-state index contributed by atoms with van der Waals surface area (Å²) in [7, 11) is 0. The van der Waals surface area contributed by atoms with Gasteiger partial charge < -0.3 is 10.4 Å². The third-order valence-electron chi connectivity index (χ3n) is 3.49. The quantitative estimate of drug-likeness (QED) is 0.818. The highest BCUT2D eigenvalue weighted by atomic mass is 16.3. The zero-order chi connectivity index (χ0) is 11.4. The Morgan fingerprint density at radius 1 is 1.38 bits per heavy atom. The van der Waals surface area contributed by atoms with E-state index in [0.29, 0.717) is 11.7 Å². The van der Waals surface area contributed by atoms with Crippen LogP contribution < -0.4 is 5.32 Å². The minimum absolute atomic E-state index is 0.524. The number of para-hydroxylation sites is 1. The molecule has 1 aliphatic heterocycles. The highest BCUT2D eigenvalue weighted by Crippen LogP contribution is 2.27. The molecule has 2 heteroatoms. The summed E-state index contributed by atoms with van der Waals surface area (Å²) >= 11 is 0. The lowest BCUT2D eigenvalue weighted by Gasteiger charge is -2.23. The van der Waals surface area contributed by atoms with Crippen LogP contribution in [0.4, 0.5) is 0 Å². The number of phenolic OH excluding ortho intramolecular Hbond substituents is 1. The molecule has 1 saturated heterocycles. The van der Waals surface area contributed by atoms with Gasteiger partial charge in [0.1, 0.15) is 5.75 Å². The van der Waals surface area contributed by atoms with Crippen LogP contribution in [0.2, 0.25) is 0 Å². The number of nitrogens with one attached hydrogen (secondary N) is 1. The zero-order valence-electron chi connectivity index (χ0n) is 10.00. The molecule has 1 fully saturated rings. The number of aryl methyl sites for hydroxylation is 1. The second kappa shape index (κ2) is 5.35. The molecule has 1 aromatic carbocycles. The van der Waals surface area contributed by atoms with E-state index in [4.69, 9.17) is 0 Å². The summed E-state index contributed by atoms with van der Waals surface area (Å²) in [6.07, 6.45) is 4.46. The Labute approximate surface area is 97.7 Å². The van der Waals surface area contributed by atoms with Gasteiger partial charge in [-0.3, -0.25) is 0 Å². The van der Waals surface area contributed by atoms with E-state index in [1.54, 1.807) is 0 Å². The fourth-order valence-electron chi connectivity index (χ4n) is 2.50. The van der Waals surface area contributed by atoms with Crippen LogP contribution in [0.3, 0.4) is 0 Å². The standard InChI is InChI=1S/C14H21NO/c1-2-12-6-3-7-13(14(12)16)9-11-5-4-8-15-10-11/h3,6-7,11,15-16H,2,4-5,8-10H2,1H3. The van der Waals surface area contributed by atoms with Gasteiger partial charge in [0, 0.05) is 0 Å². The molecule has 1 aliphatic rings. The number of hydrogen-bond acceptors (Lipinski definition) is 2. The minimum atomic E-state index is 0.524. The lowest BCUT2D eigenvalue weighted by Crippen LogP contribution is -2.30. The fourth-order valence-corrected chi connectivity index (χ4v) is 2.50. The normalized spacial score (nSPS) is 20.9. The summed E-state index contributed by atoms with van der Waals surface area (Å²) in [6.45, 7) is 4.33. The molecule has 2 N–H and O–H groups in total. The molecule has 0 radical (unpaired) electrons. The molecular formula is C14H21NO. The molecule has 0 aliphatic carbocycles. The Morgan fingerprint density at radius 2 is 2.19 bits per heavy atom. The first-order valence-electron chi connectivity index (χ1n) is 6.31. The van der Waals surface area contributed by atoms with Crippen molar-refractivity contribution in [1.82, 2.24) is 5.32 Å². The van der Waals surface area contributed by atoms with Gasteiger partial charge in [0.2, 0.25) is 0 Å². The number of benzene rings is 1. The number of aromatic hydroxyl groups is 1. The van der Waals surface area contributed by atoms with Crippen LogP contribution in [0.1, 0.15) is 30.9 Å². The molecule has 2 nitrogen and oxygen atoms in total.